The van der Waals surface area contributed by atoms with Gasteiger partial charge in [-0.3, -0.25) is 9.32 Å². The first-order chi connectivity index (χ1) is 21.1. The van der Waals surface area contributed by atoms with Crippen molar-refractivity contribution in [3.63, 3.8) is 0 Å². The number of nitrogens with one attached hydrogen (secondary N) is 2. The van der Waals surface area contributed by atoms with E-state index < -0.39 is 51.0 Å². The lowest BCUT2D eigenvalue weighted by atomic mass is 10.1. The molecular formula is C29H38ClFN5O7P. The van der Waals surface area contributed by atoms with Crippen LogP contribution in [0.5, 0.6) is 5.75 Å². The molecule has 0 amide bonds. The fourth-order valence-corrected chi connectivity index (χ4v) is 6.50. The van der Waals surface area contributed by atoms with E-state index >= 15 is 4.39 Å². The molecule has 3 aromatic rings. The van der Waals surface area contributed by atoms with Crippen molar-refractivity contribution in [1.29, 1.82) is 0 Å². The van der Waals surface area contributed by atoms with Crippen LogP contribution in [0.2, 0.25) is 5.28 Å². The monoisotopic (exact) mass is 653 g/mol. The fourth-order valence-electron chi connectivity index (χ4n) is 4.83. The van der Waals surface area contributed by atoms with Crippen molar-refractivity contribution < 1.29 is 37.4 Å². The summed E-state index contributed by atoms with van der Waals surface area (Å²) >= 11 is 6.17. The second-order valence-corrected chi connectivity index (χ2v) is 13.1. The van der Waals surface area contributed by atoms with E-state index in [0.29, 0.717) is 22.9 Å². The van der Waals surface area contributed by atoms with E-state index in [1.807, 2.05) is 13.8 Å². The first kappa shape index (κ1) is 32.6. The van der Waals surface area contributed by atoms with Crippen LogP contribution in [0.25, 0.3) is 11.0 Å². The summed E-state index contributed by atoms with van der Waals surface area (Å²) in [5.41, 5.74) is 0.329. The van der Waals surface area contributed by atoms with Gasteiger partial charge in [0.15, 0.2) is 12.4 Å². The number of aliphatic hydroxyl groups is 1. The van der Waals surface area contributed by atoms with Crippen molar-refractivity contribution in [2.24, 2.45) is 5.92 Å². The van der Waals surface area contributed by atoms with Crippen LogP contribution in [-0.2, 0) is 23.4 Å². The zero-order chi connectivity index (χ0) is 31.4. The van der Waals surface area contributed by atoms with Gasteiger partial charge in [-0.05, 0) is 55.5 Å². The van der Waals surface area contributed by atoms with Crippen LogP contribution in [0.3, 0.4) is 0 Å². The second-order valence-electron chi connectivity index (χ2n) is 11.1. The van der Waals surface area contributed by atoms with E-state index in [9.17, 15) is 14.5 Å². The molecule has 5 rings (SSSR count). The number of fused-ring (bicyclic) bond motifs is 1. The third kappa shape index (κ3) is 7.70. The maximum atomic E-state index is 15.5. The van der Waals surface area contributed by atoms with Gasteiger partial charge in [0.05, 0.1) is 18.6 Å². The molecule has 3 N–H and O–H groups in total. The molecule has 44 heavy (non-hydrogen) atoms. The molecule has 0 spiro atoms. The number of ether oxygens (including phenoxy) is 2. The van der Waals surface area contributed by atoms with Crippen LogP contribution < -0.4 is 14.9 Å². The largest absolute Gasteiger partial charge is 0.464 e. The van der Waals surface area contributed by atoms with Crippen LogP contribution in [0.15, 0.2) is 42.6 Å². The highest BCUT2D eigenvalue weighted by Gasteiger charge is 2.47. The Hall–Kier alpha value is -2.80. The lowest BCUT2D eigenvalue weighted by Gasteiger charge is -2.25. The number of hydrogen-bond donors (Lipinski definition) is 3. The van der Waals surface area contributed by atoms with Crippen molar-refractivity contribution in [3.8, 4) is 5.75 Å². The predicted molar refractivity (Wildman–Crippen MR) is 162 cm³/mol. The third-order valence-corrected chi connectivity index (χ3v) is 9.54. The van der Waals surface area contributed by atoms with E-state index in [0.717, 1.165) is 25.7 Å². The number of carbonyl (C=O) groups excluding carboxylic acids is 1. The highest BCUT2D eigenvalue weighted by Crippen LogP contribution is 2.46. The molecule has 12 nitrogen and oxygen atoms in total. The molecular weight excluding hydrogens is 616 g/mol. The minimum absolute atomic E-state index is 0.0212. The standard InChI is InChI=1S/C29H38ClFN5O7P/c1-4-18(5-2)15-40-28(38)17(3)35-44(39,43-20-9-7-6-8-10-20)41-16-22-24(37)23(31)27(42-22)36-14-13-21-25(32-19-11-12-19)33-29(30)34-26(21)36/h6-10,13-14,17-19,22-24,27,37H,4-5,11-12,15-16H2,1-3H3,(H,35,39)(H,32,33,34)/t17-,22+,23?,24?,27+,44?/m0/s1. The van der Waals surface area contributed by atoms with Gasteiger partial charge in [0.1, 0.15) is 35.5 Å². The van der Waals surface area contributed by atoms with Crippen molar-refractivity contribution in [3.05, 3.63) is 47.9 Å². The minimum Gasteiger partial charge on any atom is -0.464 e. The molecule has 15 heteroatoms. The van der Waals surface area contributed by atoms with Gasteiger partial charge in [-0.1, -0.05) is 44.9 Å². The maximum Gasteiger partial charge on any atom is 0.459 e. The Morgan fingerprint density at radius 2 is 1.95 bits per heavy atom. The number of hydrogen-bond acceptors (Lipinski definition) is 10. The van der Waals surface area contributed by atoms with Crippen LogP contribution in [0.4, 0.5) is 10.2 Å². The Bertz CT molecular complexity index is 1480. The smallest absolute Gasteiger partial charge is 0.459 e. The van der Waals surface area contributed by atoms with Crippen LogP contribution in [0.1, 0.15) is 52.7 Å². The molecule has 1 aliphatic carbocycles. The third-order valence-electron chi connectivity index (χ3n) is 7.73. The molecule has 2 fully saturated rings. The number of benzene rings is 1. The van der Waals surface area contributed by atoms with Crippen molar-refractivity contribution in [2.45, 2.75) is 83.1 Å². The van der Waals surface area contributed by atoms with E-state index in [-0.39, 0.29) is 23.6 Å². The number of halogens is 2. The SMILES string of the molecule is CCC(CC)COC(=O)[C@H](C)NP(=O)(OC[C@H]1O[C@@H](n2ccc3c(NC4CC4)nc(Cl)nc32)C(F)C1O)Oc1ccccc1. The Labute approximate surface area is 260 Å². The van der Waals surface area contributed by atoms with Crippen molar-refractivity contribution in [1.82, 2.24) is 19.6 Å². The van der Waals surface area contributed by atoms with E-state index in [4.69, 9.17) is 30.1 Å². The van der Waals surface area contributed by atoms with E-state index in [2.05, 4.69) is 20.4 Å². The molecule has 0 bridgehead atoms. The van der Waals surface area contributed by atoms with Gasteiger partial charge in [0.25, 0.3) is 0 Å². The normalized spacial score (nSPS) is 23.9. The zero-order valence-corrected chi connectivity index (χ0v) is 26.4. The zero-order valence-electron chi connectivity index (χ0n) is 24.8. The van der Waals surface area contributed by atoms with Crippen LogP contribution in [0, 0.1) is 5.92 Å². The summed E-state index contributed by atoms with van der Waals surface area (Å²) in [6.45, 7) is 5.21. The Balaban J connectivity index is 1.29. The molecule has 1 saturated heterocycles. The Morgan fingerprint density at radius 3 is 2.64 bits per heavy atom. The fraction of sp³-hybridized carbons (Fsp3) is 0.552. The van der Waals surface area contributed by atoms with Crippen molar-refractivity contribution >= 4 is 42.2 Å². The highest BCUT2D eigenvalue weighted by atomic mass is 35.5. The molecule has 2 aliphatic rings. The molecule has 240 valence electrons. The van der Waals surface area contributed by atoms with Gasteiger partial charge in [-0.15, -0.1) is 0 Å². The number of aromatic nitrogens is 3. The van der Waals surface area contributed by atoms with Gasteiger partial charge >= 0.3 is 13.7 Å². The molecule has 2 aromatic heterocycles. The first-order valence-electron chi connectivity index (χ1n) is 14.8. The molecule has 1 aliphatic heterocycles. The number of anilines is 1. The Kier molecular flexibility index (Phi) is 10.4. The number of carbonyl (C=O) groups is 1. The molecule has 3 unspecified atom stereocenters. The topological polar surface area (TPSA) is 146 Å². The summed E-state index contributed by atoms with van der Waals surface area (Å²) in [6.07, 6.45) is -0.718. The minimum atomic E-state index is -4.27. The quantitative estimate of drug-likeness (QED) is 0.110. The lowest BCUT2D eigenvalue weighted by molar-refractivity contribution is -0.146. The molecule has 1 aromatic carbocycles. The average molecular weight is 654 g/mol. The molecule has 3 heterocycles. The summed E-state index contributed by atoms with van der Waals surface area (Å²) in [4.78, 5) is 21.2. The van der Waals surface area contributed by atoms with Gasteiger partial charge in [0.2, 0.25) is 5.28 Å². The summed E-state index contributed by atoms with van der Waals surface area (Å²) in [5, 5.41) is 17.3. The number of aliphatic hydroxyl groups excluding tert-OH is 1. The van der Waals surface area contributed by atoms with Gasteiger partial charge in [-0.25, -0.2) is 13.9 Å². The highest BCUT2D eigenvalue weighted by molar-refractivity contribution is 7.52. The Morgan fingerprint density at radius 1 is 1.23 bits per heavy atom. The molecule has 0 radical (unpaired) electrons. The molecule has 6 atom stereocenters. The number of rotatable bonds is 15. The van der Waals surface area contributed by atoms with Crippen LogP contribution >= 0.6 is 19.3 Å². The van der Waals surface area contributed by atoms with Crippen molar-refractivity contribution in [2.75, 3.05) is 18.5 Å². The number of nitrogens with zero attached hydrogens (tertiary/aromatic N) is 3. The first-order valence-corrected chi connectivity index (χ1v) is 16.7. The second kappa shape index (κ2) is 14.1. The lowest BCUT2D eigenvalue weighted by Crippen LogP contribution is -2.37. The predicted octanol–water partition coefficient (Wildman–Crippen LogP) is 5.42. The summed E-state index contributed by atoms with van der Waals surface area (Å²) < 4.78 is 53.5. The van der Waals surface area contributed by atoms with Gasteiger partial charge in [-0.2, -0.15) is 10.1 Å². The van der Waals surface area contributed by atoms with Gasteiger partial charge < -0.3 is 29.0 Å². The number of para-hydroxylation sites is 1. The summed E-state index contributed by atoms with van der Waals surface area (Å²) in [6, 6.07) is 9.20. The van der Waals surface area contributed by atoms with E-state index in [1.165, 1.54) is 11.5 Å². The molecule has 1 saturated carbocycles. The maximum absolute atomic E-state index is 15.5. The number of alkyl halides is 1. The van der Waals surface area contributed by atoms with Gasteiger partial charge in [0, 0.05) is 12.2 Å². The van der Waals surface area contributed by atoms with E-state index in [1.54, 1.807) is 42.6 Å². The summed E-state index contributed by atoms with van der Waals surface area (Å²) in [7, 11) is -4.27. The van der Waals surface area contributed by atoms with Crippen LogP contribution in [-0.4, -0.2) is 69.3 Å². The number of esters is 1. The average Bonchev–Trinajstić information content (AvgIpc) is 3.65. The summed E-state index contributed by atoms with van der Waals surface area (Å²) in [5.74, 6) is 0.321.